The number of aromatic nitrogens is 1. The highest BCUT2D eigenvalue weighted by Gasteiger charge is 2.18. The Labute approximate surface area is 99.4 Å². The smallest absolute Gasteiger partial charge is 0.237 e. The Morgan fingerprint density at radius 2 is 2.24 bits per heavy atom. The molecule has 2 amide bonds. The number of carbonyl (C=O) groups is 2. The second-order valence-corrected chi connectivity index (χ2v) is 3.79. The van der Waals surface area contributed by atoms with Crippen molar-refractivity contribution in [3.05, 3.63) is 30.1 Å². The van der Waals surface area contributed by atoms with Crippen LogP contribution in [0.15, 0.2) is 24.5 Å². The maximum atomic E-state index is 11.6. The van der Waals surface area contributed by atoms with Crippen molar-refractivity contribution in [2.24, 2.45) is 11.5 Å². The first-order chi connectivity index (χ1) is 8.00. The van der Waals surface area contributed by atoms with Crippen LogP contribution in [0.1, 0.15) is 24.9 Å². The molecule has 1 rings (SSSR count). The van der Waals surface area contributed by atoms with Crippen LogP contribution >= 0.6 is 0 Å². The first kappa shape index (κ1) is 13.1. The van der Waals surface area contributed by atoms with Crippen LogP contribution in [-0.4, -0.2) is 22.8 Å². The summed E-state index contributed by atoms with van der Waals surface area (Å²) in [6, 6.07) is 2.50. The molecule has 0 aliphatic carbocycles. The number of carbonyl (C=O) groups excluding carboxylic acids is 2. The van der Waals surface area contributed by atoms with E-state index in [9.17, 15) is 9.59 Å². The van der Waals surface area contributed by atoms with Gasteiger partial charge in [-0.25, -0.2) is 0 Å². The molecule has 0 radical (unpaired) electrons. The highest BCUT2D eigenvalue weighted by atomic mass is 16.2. The maximum Gasteiger partial charge on any atom is 0.237 e. The Morgan fingerprint density at radius 3 is 2.76 bits per heavy atom. The van der Waals surface area contributed by atoms with Crippen LogP contribution in [0.25, 0.3) is 0 Å². The molecule has 0 fully saturated rings. The zero-order valence-corrected chi connectivity index (χ0v) is 9.59. The summed E-state index contributed by atoms with van der Waals surface area (Å²) < 4.78 is 0. The maximum absolute atomic E-state index is 11.6. The third-order valence-corrected chi connectivity index (χ3v) is 2.30. The molecule has 17 heavy (non-hydrogen) atoms. The average molecular weight is 236 g/mol. The highest BCUT2D eigenvalue weighted by molar-refractivity contribution is 5.87. The molecule has 5 N–H and O–H groups in total. The van der Waals surface area contributed by atoms with Gasteiger partial charge in [-0.05, 0) is 18.6 Å². The van der Waals surface area contributed by atoms with Crippen molar-refractivity contribution in [1.29, 1.82) is 0 Å². The van der Waals surface area contributed by atoms with E-state index >= 15 is 0 Å². The largest absolute Gasteiger partial charge is 0.370 e. The van der Waals surface area contributed by atoms with Gasteiger partial charge in [-0.15, -0.1) is 0 Å². The molecular formula is C11H16N4O2. The van der Waals surface area contributed by atoms with Crippen molar-refractivity contribution in [2.45, 2.75) is 25.4 Å². The number of amides is 2. The van der Waals surface area contributed by atoms with E-state index in [1.807, 2.05) is 13.0 Å². The Bertz CT molecular complexity index is 394. The van der Waals surface area contributed by atoms with Gasteiger partial charge in [-0.2, -0.15) is 0 Å². The molecule has 1 aromatic rings. The van der Waals surface area contributed by atoms with Crippen molar-refractivity contribution in [3.8, 4) is 0 Å². The Hall–Kier alpha value is -1.95. The van der Waals surface area contributed by atoms with Gasteiger partial charge in [0.15, 0.2) is 0 Å². The lowest BCUT2D eigenvalue weighted by Gasteiger charge is -2.16. The lowest BCUT2D eigenvalue weighted by atomic mass is 10.1. The van der Waals surface area contributed by atoms with Crippen LogP contribution in [0.4, 0.5) is 0 Å². The monoisotopic (exact) mass is 236 g/mol. The third kappa shape index (κ3) is 4.20. The summed E-state index contributed by atoms with van der Waals surface area (Å²) in [4.78, 5) is 26.2. The molecule has 0 unspecified atom stereocenters. The molecule has 1 heterocycles. The molecule has 6 nitrogen and oxygen atoms in total. The minimum atomic E-state index is -0.911. The van der Waals surface area contributed by atoms with Gasteiger partial charge in [0.2, 0.25) is 11.8 Å². The van der Waals surface area contributed by atoms with Crippen LogP contribution in [0, 0.1) is 0 Å². The first-order valence-corrected chi connectivity index (χ1v) is 5.25. The SMILES string of the molecule is C[C@@H](NC(=O)[C@@H](N)CC(N)=O)c1cccnc1. The van der Waals surface area contributed by atoms with Crippen LogP contribution < -0.4 is 16.8 Å². The van der Waals surface area contributed by atoms with Crippen molar-refractivity contribution < 1.29 is 9.59 Å². The number of nitrogens with two attached hydrogens (primary N) is 2. The van der Waals surface area contributed by atoms with Gasteiger partial charge in [-0.1, -0.05) is 6.07 Å². The van der Waals surface area contributed by atoms with E-state index in [0.717, 1.165) is 5.56 Å². The second kappa shape index (κ2) is 5.95. The molecule has 92 valence electrons. The molecule has 2 atom stereocenters. The van der Waals surface area contributed by atoms with E-state index in [1.54, 1.807) is 18.5 Å². The van der Waals surface area contributed by atoms with Gasteiger partial charge >= 0.3 is 0 Å². The second-order valence-electron chi connectivity index (χ2n) is 3.79. The zero-order chi connectivity index (χ0) is 12.8. The average Bonchev–Trinajstić information content (AvgIpc) is 2.29. The molecule has 1 aromatic heterocycles. The Kier molecular flexibility index (Phi) is 4.59. The van der Waals surface area contributed by atoms with E-state index in [-0.39, 0.29) is 12.5 Å². The zero-order valence-electron chi connectivity index (χ0n) is 9.59. The first-order valence-electron chi connectivity index (χ1n) is 5.25. The number of pyridine rings is 1. The van der Waals surface area contributed by atoms with Gasteiger partial charge in [0.25, 0.3) is 0 Å². The van der Waals surface area contributed by atoms with Crippen molar-refractivity contribution >= 4 is 11.8 Å². The standard InChI is InChI=1S/C11H16N4O2/c1-7(8-3-2-4-14-6-8)15-11(17)9(12)5-10(13)16/h2-4,6-7,9H,5,12H2,1H3,(H2,13,16)(H,15,17)/t7-,9+/m1/s1. The predicted molar refractivity (Wildman–Crippen MR) is 62.6 cm³/mol. The van der Waals surface area contributed by atoms with Gasteiger partial charge < -0.3 is 16.8 Å². The molecule has 6 heteroatoms. The lowest BCUT2D eigenvalue weighted by Crippen LogP contribution is -2.43. The van der Waals surface area contributed by atoms with Crippen LogP contribution in [0.2, 0.25) is 0 Å². The van der Waals surface area contributed by atoms with E-state index in [2.05, 4.69) is 10.3 Å². The third-order valence-electron chi connectivity index (χ3n) is 2.30. The quantitative estimate of drug-likeness (QED) is 0.637. The number of nitrogens with zero attached hydrogens (tertiary/aromatic N) is 1. The Balaban J connectivity index is 2.54. The normalized spacial score (nSPS) is 13.8. The molecule has 0 bridgehead atoms. The summed E-state index contributed by atoms with van der Waals surface area (Å²) in [6.07, 6.45) is 3.15. The fourth-order valence-corrected chi connectivity index (χ4v) is 1.35. The molecule has 0 aliphatic heterocycles. The van der Waals surface area contributed by atoms with Gasteiger partial charge in [0, 0.05) is 12.4 Å². The fourth-order valence-electron chi connectivity index (χ4n) is 1.35. The van der Waals surface area contributed by atoms with E-state index < -0.39 is 17.9 Å². The molecule has 0 saturated heterocycles. The molecule has 0 aromatic carbocycles. The molecule has 0 aliphatic rings. The predicted octanol–water partition coefficient (Wildman–Crippen LogP) is -0.538. The van der Waals surface area contributed by atoms with Crippen LogP contribution in [0.3, 0.4) is 0 Å². The molecule has 0 saturated carbocycles. The van der Waals surface area contributed by atoms with Gasteiger partial charge in [0.1, 0.15) is 0 Å². The topological polar surface area (TPSA) is 111 Å². The summed E-state index contributed by atoms with van der Waals surface area (Å²) in [5, 5.41) is 2.69. The summed E-state index contributed by atoms with van der Waals surface area (Å²) >= 11 is 0. The Morgan fingerprint density at radius 1 is 1.53 bits per heavy atom. The van der Waals surface area contributed by atoms with E-state index in [4.69, 9.17) is 11.5 Å². The highest BCUT2D eigenvalue weighted by Crippen LogP contribution is 2.09. The van der Waals surface area contributed by atoms with Crippen LogP contribution in [-0.2, 0) is 9.59 Å². The summed E-state index contributed by atoms with van der Waals surface area (Å²) in [7, 11) is 0. The van der Waals surface area contributed by atoms with Crippen molar-refractivity contribution in [2.75, 3.05) is 0 Å². The molecular weight excluding hydrogens is 220 g/mol. The van der Waals surface area contributed by atoms with Gasteiger partial charge in [0.05, 0.1) is 18.5 Å². The number of hydrogen-bond acceptors (Lipinski definition) is 4. The van der Waals surface area contributed by atoms with E-state index in [0.29, 0.717) is 0 Å². The molecule has 0 spiro atoms. The number of primary amides is 1. The van der Waals surface area contributed by atoms with Crippen LogP contribution in [0.5, 0.6) is 0 Å². The summed E-state index contributed by atoms with van der Waals surface area (Å²) in [5.74, 6) is -0.998. The summed E-state index contributed by atoms with van der Waals surface area (Å²) in [5.41, 5.74) is 11.3. The van der Waals surface area contributed by atoms with Gasteiger partial charge in [-0.3, -0.25) is 14.6 Å². The number of nitrogens with one attached hydrogen (secondary N) is 1. The fraction of sp³-hybridized carbons (Fsp3) is 0.364. The van der Waals surface area contributed by atoms with E-state index in [1.165, 1.54) is 0 Å². The van der Waals surface area contributed by atoms with Crippen molar-refractivity contribution in [1.82, 2.24) is 10.3 Å². The minimum absolute atomic E-state index is 0.161. The van der Waals surface area contributed by atoms with Crippen molar-refractivity contribution in [3.63, 3.8) is 0 Å². The number of rotatable bonds is 5. The minimum Gasteiger partial charge on any atom is -0.370 e. The lowest BCUT2D eigenvalue weighted by molar-refractivity contribution is -0.126. The number of hydrogen-bond donors (Lipinski definition) is 3. The summed E-state index contributed by atoms with van der Waals surface area (Å²) in [6.45, 7) is 1.81.